The molecule has 0 spiro atoms. The van der Waals surface area contributed by atoms with Gasteiger partial charge in [0, 0.05) is 25.2 Å². The van der Waals surface area contributed by atoms with E-state index in [4.69, 9.17) is 10.8 Å². The maximum absolute atomic E-state index is 9.07. The average molecular weight is 278 g/mol. The smallest absolute Gasteiger partial charge is 0.0446 e. The summed E-state index contributed by atoms with van der Waals surface area (Å²) in [6, 6.07) is 9.24. The van der Waals surface area contributed by atoms with Gasteiger partial charge in [-0.15, -0.1) is 0 Å². The number of nitrogens with one attached hydrogen (secondary N) is 1. The first-order valence-corrected chi connectivity index (χ1v) is 7.76. The summed E-state index contributed by atoms with van der Waals surface area (Å²) >= 11 is 0. The summed E-state index contributed by atoms with van der Waals surface area (Å²) < 4.78 is 0. The van der Waals surface area contributed by atoms with Crippen molar-refractivity contribution in [2.24, 2.45) is 11.7 Å². The summed E-state index contributed by atoms with van der Waals surface area (Å²) in [5.74, 6) is 0.679. The van der Waals surface area contributed by atoms with Crippen LogP contribution in [0.5, 0.6) is 0 Å². The van der Waals surface area contributed by atoms with Crippen LogP contribution in [0.1, 0.15) is 50.8 Å². The number of rotatable bonds is 9. The molecule has 0 saturated carbocycles. The fraction of sp³-hybridized carbons (Fsp3) is 0.647. The van der Waals surface area contributed by atoms with E-state index in [1.54, 1.807) is 0 Å². The van der Waals surface area contributed by atoms with Gasteiger partial charge < -0.3 is 16.2 Å². The molecule has 1 rings (SSSR count). The highest BCUT2D eigenvalue weighted by Gasteiger charge is 2.14. The lowest BCUT2D eigenvalue weighted by molar-refractivity contribution is 0.256. The van der Waals surface area contributed by atoms with Gasteiger partial charge in [-0.25, -0.2) is 0 Å². The molecule has 4 N–H and O–H groups in total. The van der Waals surface area contributed by atoms with Crippen molar-refractivity contribution in [3.05, 3.63) is 35.4 Å². The van der Waals surface area contributed by atoms with E-state index in [2.05, 4.69) is 50.4 Å². The van der Waals surface area contributed by atoms with E-state index in [1.165, 1.54) is 11.1 Å². The molecule has 0 bridgehead atoms. The normalized spacial score (nSPS) is 14.5. The van der Waals surface area contributed by atoms with E-state index in [1.807, 2.05) is 0 Å². The Bertz CT molecular complexity index is 362. The topological polar surface area (TPSA) is 58.3 Å². The molecule has 0 aliphatic rings. The molecule has 0 heterocycles. The van der Waals surface area contributed by atoms with E-state index in [0.717, 1.165) is 19.3 Å². The van der Waals surface area contributed by atoms with Crippen molar-refractivity contribution < 1.29 is 5.11 Å². The van der Waals surface area contributed by atoms with E-state index in [-0.39, 0.29) is 12.6 Å². The van der Waals surface area contributed by atoms with Gasteiger partial charge in [0.15, 0.2) is 0 Å². The number of hydrogen-bond donors (Lipinski definition) is 3. The van der Waals surface area contributed by atoms with E-state index in [0.29, 0.717) is 18.5 Å². The molecular formula is C17H30N2O. The largest absolute Gasteiger partial charge is 0.396 e. The summed E-state index contributed by atoms with van der Waals surface area (Å²) in [6.07, 6.45) is 2.89. The summed E-state index contributed by atoms with van der Waals surface area (Å²) in [7, 11) is 0. The highest BCUT2D eigenvalue weighted by Crippen LogP contribution is 2.17. The number of aliphatic hydroxyl groups excluding tert-OH is 1. The molecule has 0 amide bonds. The quantitative estimate of drug-likeness (QED) is 0.651. The molecule has 0 aliphatic heterocycles. The van der Waals surface area contributed by atoms with E-state index < -0.39 is 0 Å². The molecule has 2 unspecified atom stereocenters. The Morgan fingerprint density at radius 3 is 2.30 bits per heavy atom. The van der Waals surface area contributed by atoms with Gasteiger partial charge in [0.2, 0.25) is 0 Å². The predicted molar refractivity (Wildman–Crippen MR) is 85.7 cm³/mol. The Morgan fingerprint density at radius 2 is 1.85 bits per heavy atom. The molecule has 1 aromatic carbocycles. The maximum Gasteiger partial charge on any atom is 0.0446 e. The third-order valence-electron chi connectivity index (χ3n) is 3.67. The number of aliphatic hydroxyl groups is 1. The second-order valence-corrected chi connectivity index (χ2v) is 5.91. The van der Waals surface area contributed by atoms with Crippen molar-refractivity contribution in [3.63, 3.8) is 0 Å². The lowest BCUT2D eigenvalue weighted by Crippen LogP contribution is -2.37. The molecule has 1 aromatic rings. The molecule has 3 nitrogen and oxygen atoms in total. The van der Waals surface area contributed by atoms with Gasteiger partial charge >= 0.3 is 0 Å². The second kappa shape index (κ2) is 9.11. The number of hydrogen-bond acceptors (Lipinski definition) is 3. The van der Waals surface area contributed by atoms with Gasteiger partial charge in [-0.2, -0.15) is 0 Å². The third kappa shape index (κ3) is 5.61. The Hall–Kier alpha value is -0.900. The van der Waals surface area contributed by atoms with E-state index >= 15 is 0 Å². The van der Waals surface area contributed by atoms with Crippen LogP contribution < -0.4 is 11.1 Å². The summed E-state index contributed by atoms with van der Waals surface area (Å²) in [4.78, 5) is 0. The van der Waals surface area contributed by atoms with Crippen LogP contribution in [-0.2, 0) is 6.42 Å². The van der Waals surface area contributed by atoms with Gasteiger partial charge in [0.1, 0.15) is 0 Å². The van der Waals surface area contributed by atoms with Crippen molar-refractivity contribution in [2.45, 2.75) is 52.1 Å². The van der Waals surface area contributed by atoms with Crippen molar-refractivity contribution in [2.75, 3.05) is 13.2 Å². The van der Waals surface area contributed by atoms with Crippen LogP contribution >= 0.6 is 0 Å². The number of benzene rings is 1. The first-order chi connectivity index (χ1) is 9.60. The molecule has 0 aliphatic carbocycles. The summed E-state index contributed by atoms with van der Waals surface area (Å²) in [5, 5.41) is 12.6. The number of nitrogens with two attached hydrogens (primary N) is 1. The SMILES string of the molecule is CCC(CCO)NC(CN)c1ccc(CC(C)C)cc1. The zero-order valence-electron chi connectivity index (χ0n) is 13.1. The van der Waals surface area contributed by atoms with Gasteiger partial charge in [0.05, 0.1) is 0 Å². The third-order valence-corrected chi connectivity index (χ3v) is 3.67. The summed E-state index contributed by atoms with van der Waals surface area (Å²) in [6.45, 7) is 7.39. The standard InChI is InChI=1S/C17H30N2O/c1-4-16(9-10-20)19-17(12-18)15-7-5-14(6-8-15)11-13(2)3/h5-8,13,16-17,19-20H,4,9-12,18H2,1-3H3. The molecule has 2 atom stereocenters. The van der Waals surface area contributed by atoms with Crippen LogP contribution in [0, 0.1) is 5.92 Å². The van der Waals surface area contributed by atoms with E-state index in [9.17, 15) is 0 Å². The Labute approximate surface area is 123 Å². The molecule has 3 heteroatoms. The van der Waals surface area contributed by atoms with Crippen LogP contribution in [0.4, 0.5) is 0 Å². The predicted octanol–water partition coefficient (Wildman–Crippen LogP) is 2.64. The first kappa shape index (κ1) is 17.2. The van der Waals surface area contributed by atoms with Crippen LogP contribution in [0.2, 0.25) is 0 Å². The molecular weight excluding hydrogens is 248 g/mol. The van der Waals surface area contributed by atoms with Gasteiger partial charge in [-0.05, 0) is 36.3 Å². The highest BCUT2D eigenvalue weighted by atomic mass is 16.3. The highest BCUT2D eigenvalue weighted by molar-refractivity contribution is 5.25. The average Bonchev–Trinajstić information content (AvgIpc) is 2.44. The minimum absolute atomic E-state index is 0.166. The van der Waals surface area contributed by atoms with Crippen molar-refractivity contribution >= 4 is 0 Å². The van der Waals surface area contributed by atoms with Crippen LogP contribution in [0.15, 0.2) is 24.3 Å². The molecule has 0 fully saturated rings. The lowest BCUT2D eigenvalue weighted by atomic mass is 9.98. The zero-order chi connectivity index (χ0) is 15.0. The van der Waals surface area contributed by atoms with Crippen molar-refractivity contribution in [1.82, 2.24) is 5.32 Å². The molecule has 20 heavy (non-hydrogen) atoms. The zero-order valence-corrected chi connectivity index (χ0v) is 13.1. The fourth-order valence-corrected chi connectivity index (χ4v) is 2.50. The molecule has 0 radical (unpaired) electrons. The Morgan fingerprint density at radius 1 is 1.20 bits per heavy atom. The Kier molecular flexibility index (Phi) is 7.82. The summed E-state index contributed by atoms with van der Waals surface area (Å²) in [5.41, 5.74) is 8.51. The maximum atomic E-state index is 9.07. The van der Waals surface area contributed by atoms with Gasteiger partial charge in [0.25, 0.3) is 0 Å². The minimum Gasteiger partial charge on any atom is -0.396 e. The molecule has 0 saturated heterocycles. The lowest BCUT2D eigenvalue weighted by Gasteiger charge is -2.24. The van der Waals surface area contributed by atoms with Crippen LogP contribution in [-0.4, -0.2) is 24.3 Å². The van der Waals surface area contributed by atoms with Gasteiger partial charge in [-0.3, -0.25) is 0 Å². The monoisotopic (exact) mass is 278 g/mol. The minimum atomic E-state index is 0.166. The van der Waals surface area contributed by atoms with Crippen LogP contribution in [0.3, 0.4) is 0 Å². The molecule has 0 aromatic heterocycles. The fourth-order valence-electron chi connectivity index (χ4n) is 2.50. The second-order valence-electron chi connectivity index (χ2n) is 5.91. The Balaban J connectivity index is 2.69. The first-order valence-electron chi connectivity index (χ1n) is 7.76. The van der Waals surface area contributed by atoms with Crippen LogP contribution in [0.25, 0.3) is 0 Å². The van der Waals surface area contributed by atoms with Gasteiger partial charge in [-0.1, -0.05) is 45.0 Å². The van der Waals surface area contributed by atoms with Crippen molar-refractivity contribution in [1.29, 1.82) is 0 Å². The van der Waals surface area contributed by atoms with Crippen molar-refractivity contribution in [3.8, 4) is 0 Å². The molecule has 114 valence electrons.